The van der Waals surface area contributed by atoms with Crippen LogP contribution in [0.25, 0.3) is 0 Å². The fraction of sp³-hybridized carbons (Fsp3) is 0.600. The molecule has 0 radical (unpaired) electrons. The van der Waals surface area contributed by atoms with Crippen molar-refractivity contribution in [3.05, 3.63) is 17.7 Å². The molecule has 0 aromatic heterocycles. The van der Waals surface area contributed by atoms with Crippen LogP contribution in [0, 0.1) is 0 Å². The zero-order chi connectivity index (χ0) is 14.9. The van der Waals surface area contributed by atoms with Gasteiger partial charge in [-0.05, 0) is 26.8 Å². The van der Waals surface area contributed by atoms with Crippen molar-refractivity contribution in [2.75, 3.05) is 21.3 Å². The zero-order valence-corrected chi connectivity index (χ0v) is 12.9. The molecule has 5 nitrogen and oxygen atoms in total. The minimum absolute atomic E-state index is 0.0722. The Kier molecular flexibility index (Phi) is 4.11. The first-order valence-corrected chi connectivity index (χ1v) is 6.57. The topological polar surface area (TPSA) is 46.2 Å². The number of benzene rings is 1. The summed E-state index contributed by atoms with van der Waals surface area (Å²) in [4.78, 5) is 0. The highest BCUT2D eigenvalue weighted by Gasteiger charge is 2.41. The van der Waals surface area contributed by atoms with Crippen molar-refractivity contribution in [2.45, 2.75) is 38.8 Å². The van der Waals surface area contributed by atoms with Gasteiger partial charge in [0.2, 0.25) is 0 Å². The van der Waals surface area contributed by atoms with Crippen LogP contribution in [0.4, 0.5) is 0 Å². The number of rotatable bonds is 4. The number of methoxy groups -OCH3 is 3. The van der Waals surface area contributed by atoms with E-state index in [1.807, 2.05) is 26.8 Å². The number of hydrogen-bond acceptors (Lipinski definition) is 5. The van der Waals surface area contributed by atoms with Gasteiger partial charge in [-0.25, -0.2) is 0 Å². The minimum atomic E-state index is -0.609. The highest BCUT2D eigenvalue weighted by Crippen LogP contribution is 2.45. The molecule has 0 aliphatic carbocycles. The van der Waals surface area contributed by atoms with Gasteiger partial charge in [-0.15, -0.1) is 0 Å². The predicted octanol–water partition coefficient (Wildman–Crippen LogP) is 2.92. The summed E-state index contributed by atoms with van der Waals surface area (Å²) in [7, 11) is 4.82. The lowest BCUT2D eigenvalue weighted by atomic mass is 10.0. The molecular weight excluding hydrogens is 260 g/mol. The van der Waals surface area contributed by atoms with E-state index >= 15 is 0 Å². The van der Waals surface area contributed by atoms with Gasteiger partial charge in [0.05, 0.1) is 27.4 Å². The molecule has 1 aliphatic heterocycles. The van der Waals surface area contributed by atoms with E-state index in [9.17, 15) is 0 Å². The van der Waals surface area contributed by atoms with Crippen LogP contribution in [0.1, 0.15) is 32.4 Å². The molecule has 1 fully saturated rings. The van der Waals surface area contributed by atoms with Gasteiger partial charge >= 0.3 is 0 Å². The first-order chi connectivity index (χ1) is 9.41. The van der Waals surface area contributed by atoms with Crippen LogP contribution in [-0.4, -0.2) is 33.2 Å². The summed E-state index contributed by atoms with van der Waals surface area (Å²) in [5.41, 5.74) is 0.892. The highest BCUT2D eigenvalue weighted by molar-refractivity contribution is 5.52. The number of hydrogen-bond donors (Lipinski definition) is 0. The van der Waals surface area contributed by atoms with Crippen molar-refractivity contribution in [2.24, 2.45) is 0 Å². The molecular formula is C15H22O5. The van der Waals surface area contributed by atoms with Crippen molar-refractivity contribution < 1.29 is 23.7 Å². The molecule has 5 heteroatoms. The lowest BCUT2D eigenvalue weighted by Gasteiger charge is -2.20. The smallest absolute Gasteiger partial charge is 0.164 e. The van der Waals surface area contributed by atoms with E-state index < -0.39 is 5.79 Å². The molecule has 20 heavy (non-hydrogen) atoms. The van der Waals surface area contributed by atoms with Crippen LogP contribution in [0.2, 0.25) is 0 Å². The minimum Gasteiger partial charge on any atom is -0.496 e. The molecule has 1 aromatic rings. The van der Waals surface area contributed by atoms with E-state index in [4.69, 9.17) is 23.7 Å². The molecule has 1 aliphatic rings. The second kappa shape index (κ2) is 5.50. The molecule has 0 amide bonds. The Bertz CT molecular complexity index is 483. The second-order valence-electron chi connectivity index (χ2n) is 5.21. The molecule has 1 heterocycles. The van der Waals surface area contributed by atoms with E-state index in [2.05, 4.69) is 0 Å². The largest absolute Gasteiger partial charge is 0.496 e. The molecule has 0 bridgehead atoms. The van der Waals surface area contributed by atoms with Crippen molar-refractivity contribution in [3.8, 4) is 17.2 Å². The molecule has 1 aromatic carbocycles. The van der Waals surface area contributed by atoms with Crippen molar-refractivity contribution >= 4 is 0 Å². The highest BCUT2D eigenvalue weighted by atomic mass is 16.7. The molecule has 0 unspecified atom stereocenters. The van der Waals surface area contributed by atoms with Crippen LogP contribution in [0.15, 0.2) is 12.1 Å². The average molecular weight is 282 g/mol. The van der Waals surface area contributed by atoms with E-state index in [0.29, 0.717) is 17.2 Å². The van der Waals surface area contributed by atoms with Gasteiger partial charge in [0.1, 0.15) is 11.9 Å². The quantitative estimate of drug-likeness (QED) is 0.849. The summed E-state index contributed by atoms with van der Waals surface area (Å²) >= 11 is 0. The lowest BCUT2D eigenvalue weighted by Crippen LogP contribution is -2.20. The van der Waals surface area contributed by atoms with Gasteiger partial charge in [-0.3, -0.25) is 0 Å². The van der Waals surface area contributed by atoms with E-state index in [1.165, 1.54) is 0 Å². The summed E-state index contributed by atoms with van der Waals surface area (Å²) in [6.45, 7) is 5.78. The third-order valence-corrected chi connectivity index (χ3v) is 3.35. The van der Waals surface area contributed by atoms with Crippen molar-refractivity contribution in [1.29, 1.82) is 0 Å². The normalized spacial score (nSPS) is 24.5. The Balaban J connectivity index is 2.45. The van der Waals surface area contributed by atoms with Gasteiger partial charge in [0, 0.05) is 11.6 Å². The second-order valence-corrected chi connectivity index (χ2v) is 5.21. The Morgan fingerprint density at radius 2 is 1.45 bits per heavy atom. The lowest BCUT2D eigenvalue weighted by molar-refractivity contribution is -0.145. The van der Waals surface area contributed by atoms with Crippen LogP contribution in [-0.2, 0) is 9.47 Å². The van der Waals surface area contributed by atoms with E-state index in [0.717, 1.165) is 5.56 Å². The van der Waals surface area contributed by atoms with Crippen LogP contribution in [0.5, 0.6) is 17.2 Å². The van der Waals surface area contributed by atoms with Crippen LogP contribution >= 0.6 is 0 Å². The average Bonchev–Trinajstić information content (AvgIpc) is 2.70. The Morgan fingerprint density at radius 3 is 1.90 bits per heavy atom. The Hall–Kier alpha value is -1.46. The monoisotopic (exact) mass is 282 g/mol. The summed E-state index contributed by atoms with van der Waals surface area (Å²) in [5.74, 6) is 1.35. The zero-order valence-electron chi connectivity index (χ0n) is 12.9. The molecule has 2 rings (SSSR count). The molecule has 0 spiro atoms. The van der Waals surface area contributed by atoms with Crippen molar-refractivity contribution in [1.82, 2.24) is 0 Å². The maximum atomic E-state index is 5.96. The van der Waals surface area contributed by atoms with Crippen molar-refractivity contribution in [3.63, 3.8) is 0 Å². The molecule has 1 saturated heterocycles. The third-order valence-electron chi connectivity index (χ3n) is 3.35. The summed E-state index contributed by atoms with van der Waals surface area (Å²) in [6.07, 6.45) is -0.281. The van der Waals surface area contributed by atoms with Gasteiger partial charge in [-0.2, -0.15) is 0 Å². The van der Waals surface area contributed by atoms with Crippen LogP contribution < -0.4 is 14.2 Å². The fourth-order valence-electron chi connectivity index (χ4n) is 2.53. The summed E-state index contributed by atoms with van der Waals surface area (Å²) in [6, 6.07) is 3.68. The third kappa shape index (κ3) is 2.69. The summed E-state index contributed by atoms with van der Waals surface area (Å²) < 4.78 is 27.8. The Labute approximate surface area is 119 Å². The van der Waals surface area contributed by atoms with E-state index in [1.54, 1.807) is 27.4 Å². The van der Waals surface area contributed by atoms with Gasteiger partial charge in [0.15, 0.2) is 17.3 Å². The summed E-state index contributed by atoms with van der Waals surface area (Å²) in [5, 5.41) is 0. The molecule has 0 saturated carbocycles. The fourth-order valence-corrected chi connectivity index (χ4v) is 2.53. The van der Waals surface area contributed by atoms with Gasteiger partial charge < -0.3 is 23.7 Å². The first-order valence-electron chi connectivity index (χ1n) is 6.57. The van der Waals surface area contributed by atoms with Crippen LogP contribution in [0.3, 0.4) is 0 Å². The number of ether oxygens (including phenoxy) is 5. The molecule has 2 atom stereocenters. The molecule has 112 valence electrons. The maximum absolute atomic E-state index is 5.96. The van der Waals surface area contributed by atoms with Gasteiger partial charge in [0.25, 0.3) is 0 Å². The first kappa shape index (κ1) is 14.9. The molecule has 0 N–H and O–H groups in total. The standard InChI is InChI=1S/C15H22O5/c1-9-14(20-15(2,3)19-9)10-7-12(17-5)13(18-6)8-11(10)16-4/h7-9,14H,1-6H3/t9-,14+/m0/s1. The predicted molar refractivity (Wildman–Crippen MR) is 74.6 cm³/mol. The van der Waals surface area contributed by atoms with E-state index in [-0.39, 0.29) is 12.2 Å². The maximum Gasteiger partial charge on any atom is 0.164 e. The van der Waals surface area contributed by atoms with Gasteiger partial charge in [-0.1, -0.05) is 0 Å². The SMILES string of the molecule is COc1cc(OC)c([C@@H]2OC(C)(C)O[C@H]2C)cc1OC. The Morgan fingerprint density at radius 1 is 0.900 bits per heavy atom.